The first-order valence-electron chi connectivity index (χ1n) is 8.05. The molecule has 0 spiro atoms. The third kappa shape index (κ3) is 4.26. The maximum atomic E-state index is 14.7. The second-order valence-electron chi connectivity index (χ2n) is 5.97. The number of benzene rings is 1. The van der Waals surface area contributed by atoms with Crippen LogP contribution in [0.25, 0.3) is 10.3 Å². The fraction of sp³-hybridized carbons (Fsp3) is 0.222. The lowest BCUT2D eigenvalue weighted by Gasteiger charge is -2.11. The van der Waals surface area contributed by atoms with Crippen LogP contribution in [0.3, 0.4) is 0 Å². The minimum atomic E-state index is -1.11. The first-order chi connectivity index (χ1) is 13.3. The molecule has 6 nitrogen and oxygen atoms in total. The Morgan fingerprint density at radius 1 is 1.36 bits per heavy atom. The smallest absolute Gasteiger partial charge is 0.284 e. The number of nitrogens with zero attached hydrogens (tertiary/aromatic N) is 4. The van der Waals surface area contributed by atoms with Crippen LogP contribution in [0, 0.1) is 11.6 Å². The number of rotatable bonds is 4. The fourth-order valence-electron chi connectivity index (χ4n) is 2.19. The third-order valence-electron chi connectivity index (χ3n) is 3.79. The maximum absolute atomic E-state index is 14.7. The van der Waals surface area contributed by atoms with Crippen LogP contribution in [0.4, 0.5) is 8.78 Å². The highest BCUT2D eigenvalue weighted by Gasteiger charge is 2.22. The average molecular weight is 425 g/mol. The Bertz CT molecular complexity index is 1080. The van der Waals surface area contributed by atoms with Gasteiger partial charge in [-0.3, -0.25) is 4.79 Å². The van der Waals surface area contributed by atoms with Crippen LogP contribution < -0.4 is 4.74 Å². The van der Waals surface area contributed by atoms with Crippen molar-refractivity contribution in [3.05, 3.63) is 51.6 Å². The number of pyridine rings is 1. The molecule has 3 rings (SSSR count). The summed E-state index contributed by atoms with van der Waals surface area (Å²) in [4.78, 5) is 26.6. The second kappa shape index (κ2) is 8.15. The zero-order valence-electron chi connectivity index (χ0n) is 15.2. The second-order valence-corrected chi connectivity index (χ2v) is 7.47. The molecule has 146 valence electrons. The zero-order valence-corrected chi connectivity index (χ0v) is 16.7. The normalized spacial score (nSPS) is 11.7. The number of thiazole rings is 1. The number of amidine groups is 1. The van der Waals surface area contributed by atoms with Gasteiger partial charge < -0.3 is 9.64 Å². The third-order valence-corrected chi connectivity index (χ3v) is 4.95. The molecule has 10 heteroatoms. The van der Waals surface area contributed by atoms with Crippen molar-refractivity contribution in [2.45, 2.75) is 13.5 Å². The Labute approximate surface area is 168 Å². The van der Waals surface area contributed by atoms with Crippen molar-refractivity contribution >= 4 is 45.0 Å². The van der Waals surface area contributed by atoms with Gasteiger partial charge in [0.25, 0.3) is 5.91 Å². The number of fused-ring (bicyclic) bond motifs is 1. The first-order valence-corrected chi connectivity index (χ1v) is 9.24. The van der Waals surface area contributed by atoms with Gasteiger partial charge in [0.2, 0.25) is 0 Å². The molecule has 0 N–H and O–H groups in total. The number of hydrogen-bond acceptors (Lipinski definition) is 5. The van der Waals surface area contributed by atoms with E-state index >= 15 is 0 Å². The van der Waals surface area contributed by atoms with Gasteiger partial charge in [0.15, 0.2) is 11.6 Å². The monoisotopic (exact) mass is 424 g/mol. The Balaban J connectivity index is 1.84. The number of halogens is 3. The van der Waals surface area contributed by atoms with Crippen molar-refractivity contribution in [2.24, 2.45) is 4.99 Å². The van der Waals surface area contributed by atoms with E-state index in [2.05, 4.69) is 15.0 Å². The molecule has 0 saturated heterocycles. The molecule has 0 aliphatic heterocycles. The van der Waals surface area contributed by atoms with Crippen LogP contribution in [0.5, 0.6) is 5.75 Å². The fourth-order valence-corrected chi connectivity index (χ4v) is 3.14. The Morgan fingerprint density at radius 3 is 2.82 bits per heavy atom. The topological polar surface area (TPSA) is 67.7 Å². The van der Waals surface area contributed by atoms with E-state index in [-0.39, 0.29) is 12.4 Å². The molecular formula is C18H15ClF2N4O2S. The van der Waals surface area contributed by atoms with Crippen LogP contribution in [0.2, 0.25) is 5.02 Å². The summed E-state index contributed by atoms with van der Waals surface area (Å²) in [6.07, 6.45) is 1.50. The summed E-state index contributed by atoms with van der Waals surface area (Å²) >= 11 is 7.14. The molecule has 0 aliphatic carbocycles. The Morgan fingerprint density at radius 2 is 2.11 bits per heavy atom. The minimum Gasteiger partial charge on any atom is -0.483 e. The van der Waals surface area contributed by atoms with Gasteiger partial charge in [-0.05, 0) is 25.1 Å². The molecule has 2 aromatic heterocycles. The van der Waals surface area contributed by atoms with Gasteiger partial charge in [-0.2, -0.15) is 4.99 Å². The van der Waals surface area contributed by atoms with Crippen molar-refractivity contribution in [3.63, 3.8) is 0 Å². The molecule has 0 fully saturated rings. The van der Waals surface area contributed by atoms with E-state index in [1.807, 2.05) is 0 Å². The van der Waals surface area contributed by atoms with Gasteiger partial charge in [-0.25, -0.2) is 18.7 Å². The van der Waals surface area contributed by atoms with Crippen molar-refractivity contribution in [3.8, 4) is 5.75 Å². The van der Waals surface area contributed by atoms with E-state index in [0.717, 1.165) is 12.1 Å². The lowest BCUT2D eigenvalue weighted by molar-refractivity contribution is 0.0992. The van der Waals surface area contributed by atoms with E-state index in [1.54, 1.807) is 32.0 Å². The van der Waals surface area contributed by atoms with Crippen LogP contribution >= 0.6 is 22.9 Å². The van der Waals surface area contributed by atoms with Gasteiger partial charge in [-0.1, -0.05) is 22.9 Å². The molecule has 2 heterocycles. The van der Waals surface area contributed by atoms with Gasteiger partial charge in [0, 0.05) is 20.3 Å². The molecule has 0 aliphatic rings. The minimum absolute atomic E-state index is 0.0746. The van der Waals surface area contributed by atoms with Gasteiger partial charge in [-0.15, -0.1) is 0 Å². The Kier molecular flexibility index (Phi) is 5.85. The molecule has 0 unspecified atom stereocenters. The SMILES string of the molecule is CC(=NC(=O)c1c(F)ccc(OCc2nc3cc(Cl)cnc3s2)c1F)N(C)C. The summed E-state index contributed by atoms with van der Waals surface area (Å²) < 4.78 is 34.1. The molecule has 0 radical (unpaired) electrons. The van der Waals surface area contributed by atoms with Crippen LogP contribution in [-0.4, -0.2) is 40.7 Å². The summed E-state index contributed by atoms with van der Waals surface area (Å²) in [5, 5.41) is 0.981. The standard InChI is InChI=1S/C18H15ClF2N4O2S/c1-9(25(2)3)23-17(26)15-11(20)4-5-13(16(15)21)27-8-14-24-12-6-10(19)7-22-18(12)28-14/h4-7H,8H2,1-3H3. The predicted octanol–water partition coefficient (Wildman–Crippen LogP) is 4.32. The number of hydrogen-bond donors (Lipinski definition) is 0. The summed E-state index contributed by atoms with van der Waals surface area (Å²) in [7, 11) is 3.33. The summed E-state index contributed by atoms with van der Waals surface area (Å²) in [5.41, 5.74) is -0.170. The number of ether oxygens (including phenoxy) is 1. The quantitative estimate of drug-likeness (QED) is 0.461. The molecule has 28 heavy (non-hydrogen) atoms. The highest BCUT2D eigenvalue weighted by Crippen LogP contribution is 2.27. The van der Waals surface area contributed by atoms with E-state index in [9.17, 15) is 13.6 Å². The zero-order chi connectivity index (χ0) is 20.4. The predicted molar refractivity (Wildman–Crippen MR) is 104 cm³/mol. The lowest BCUT2D eigenvalue weighted by Crippen LogP contribution is -2.20. The van der Waals surface area contributed by atoms with Gasteiger partial charge >= 0.3 is 0 Å². The van der Waals surface area contributed by atoms with Crippen molar-refractivity contribution in [1.29, 1.82) is 0 Å². The molecule has 0 saturated carbocycles. The summed E-state index contributed by atoms with van der Waals surface area (Å²) in [6.45, 7) is 1.48. The molecule has 0 atom stereocenters. The van der Waals surface area contributed by atoms with Crippen molar-refractivity contribution in [1.82, 2.24) is 14.9 Å². The van der Waals surface area contributed by atoms with Crippen molar-refractivity contribution < 1.29 is 18.3 Å². The van der Waals surface area contributed by atoms with Crippen LogP contribution in [0.1, 0.15) is 22.3 Å². The highest BCUT2D eigenvalue weighted by atomic mass is 35.5. The van der Waals surface area contributed by atoms with Gasteiger partial charge in [0.05, 0.1) is 5.02 Å². The number of aromatic nitrogens is 2. The van der Waals surface area contributed by atoms with Crippen LogP contribution in [-0.2, 0) is 6.61 Å². The molecule has 0 bridgehead atoms. The summed E-state index contributed by atoms with van der Waals surface area (Å²) in [5.74, 6) is -3.10. The number of aliphatic imine (C=N–C) groups is 1. The first kappa shape index (κ1) is 20.1. The molecule has 3 aromatic rings. The number of amides is 1. The molecule has 1 amide bonds. The lowest BCUT2D eigenvalue weighted by atomic mass is 10.1. The molecular weight excluding hydrogens is 410 g/mol. The number of carbonyl (C=O) groups is 1. The van der Waals surface area contributed by atoms with E-state index < -0.39 is 23.1 Å². The average Bonchev–Trinajstić information content (AvgIpc) is 3.02. The van der Waals surface area contributed by atoms with E-state index in [4.69, 9.17) is 16.3 Å². The Hall–Kier alpha value is -2.65. The maximum Gasteiger partial charge on any atom is 0.284 e. The summed E-state index contributed by atoms with van der Waals surface area (Å²) in [6, 6.07) is 3.74. The molecule has 1 aromatic carbocycles. The van der Waals surface area contributed by atoms with E-state index in [0.29, 0.717) is 26.2 Å². The highest BCUT2D eigenvalue weighted by molar-refractivity contribution is 7.18. The largest absolute Gasteiger partial charge is 0.483 e. The number of carbonyl (C=O) groups excluding carboxylic acids is 1. The van der Waals surface area contributed by atoms with Crippen molar-refractivity contribution in [2.75, 3.05) is 14.1 Å². The van der Waals surface area contributed by atoms with Gasteiger partial charge in [0.1, 0.15) is 39.2 Å². The van der Waals surface area contributed by atoms with Crippen LogP contribution in [0.15, 0.2) is 29.4 Å². The van der Waals surface area contributed by atoms with E-state index in [1.165, 1.54) is 17.5 Å².